The molecule has 0 bridgehead atoms. The van der Waals surface area contributed by atoms with Crippen LogP contribution in [0.1, 0.15) is 16.7 Å². The Labute approximate surface area is 175 Å². The molecule has 1 heterocycles. The van der Waals surface area contributed by atoms with Crippen LogP contribution in [0.25, 0.3) is 6.08 Å². The molecule has 0 N–H and O–H groups in total. The van der Waals surface area contributed by atoms with E-state index in [0.29, 0.717) is 5.75 Å². The van der Waals surface area contributed by atoms with E-state index in [1.807, 2.05) is 36.4 Å². The van der Waals surface area contributed by atoms with Gasteiger partial charge in [-0.25, -0.2) is 14.2 Å². The van der Waals surface area contributed by atoms with Crippen LogP contribution in [0.5, 0.6) is 5.75 Å². The fourth-order valence-corrected chi connectivity index (χ4v) is 3.00. The van der Waals surface area contributed by atoms with Crippen molar-refractivity contribution in [2.75, 3.05) is 0 Å². The van der Waals surface area contributed by atoms with Crippen LogP contribution in [0.4, 0.5) is 4.39 Å². The maximum Gasteiger partial charge on any atom is 0.363 e. The number of aliphatic imine (C=N–C) groups is 1. The van der Waals surface area contributed by atoms with Crippen LogP contribution in [-0.2, 0) is 16.1 Å². The second kappa shape index (κ2) is 8.41. The number of benzene rings is 3. The van der Waals surface area contributed by atoms with Crippen molar-refractivity contribution in [2.24, 2.45) is 4.99 Å². The fourth-order valence-electron chi connectivity index (χ4n) is 2.74. The third kappa shape index (κ3) is 4.78. The molecule has 0 aromatic heterocycles. The summed E-state index contributed by atoms with van der Waals surface area (Å²) in [7, 11) is 0. The lowest BCUT2D eigenvalue weighted by Crippen LogP contribution is -2.05. The van der Waals surface area contributed by atoms with E-state index in [-0.39, 0.29) is 24.0 Å². The summed E-state index contributed by atoms with van der Waals surface area (Å²) in [6.45, 7) is 0.269. The van der Waals surface area contributed by atoms with Crippen LogP contribution in [0, 0.1) is 5.82 Å². The highest BCUT2D eigenvalue weighted by molar-refractivity contribution is 9.10. The van der Waals surface area contributed by atoms with Gasteiger partial charge in [-0.1, -0.05) is 40.2 Å². The molecule has 0 fully saturated rings. The molecule has 6 heteroatoms. The van der Waals surface area contributed by atoms with Gasteiger partial charge < -0.3 is 9.47 Å². The summed E-state index contributed by atoms with van der Waals surface area (Å²) in [6, 6.07) is 20.8. The van der Waals surface area contributed by atoms with Crippen LogP contribution >= 0.6 is 15.9 Å². The molecule has 0 atom stereocenters. The second-order valence-electron chi connectivity index (χ2n) is 6.33. The first kappa shape index (κ1) is 19.1. The van der Waals surface area contributed by atoms with Gasteiger partial charge in [0.05, 0.1) is 0 Å². The van der Waals surface area contributed by atoms with Gasteiger partial charge in [-0.15, -0.1) is 0 Å². The monoisotopic (exact) mass is 451 g/mol. The Hall–Kier alpha value is -3.25. The standard InChI is InChI=1S/C23H15BrFNO3/c24-18-8-6-17(7-9-18)22-26-21(23(27)29-22)13-15-4-10-20(11-5-15)28-14-16-2-1-3-19(25)12-16/h1-13H,14H2/b21-13-. The van der Waals surface area contributed by atoms with E-state index < -0.39 is 5.97 Å². The van der Waals surface area contributed by atoms with E-state index >= 15 is 0 Å². The van der Waals surface area contributed by atoms with Gasteiger partial charge in [-0.2, -0.15) is 0 Å². The van der Waals surface area contributed by atoms with Gasteiger partial charge in [-0.05, 0) is 65.7 Å². The van der Waals surface area contributed by atoms with Gasteiger partial charge in [0.25, 0.3) is 0 Å². The van der Waals surface area contributed by atoms with E-state index in [9.17, 15) is 9.18 Å². The van der Waals surface area contributed by atoms with Gasteiger partial charge in [0.15, 0.2) is 5.70 Å². The van der Waals surface area contributed by atoms with Crippen molar-refractivity contribution in [3.8, 4) is 5.75 Å². The van der Waals surface area contributed by atoms with Crippen LogP contribution in [-0.4, -0.2) is 11.9 Å². The predicted molar refractivity (Wildman–Crippen MR) is 112 cm³/mol. The lowest BCUT2D eigenvalue weighted by atomic mass is 10.2. The summed E-state index contributed by atoms with van der Waals surface area (Å²) >= 11 is 3.37. The molecule has 144 valence electrons. The SMILES string of the molecule is O=C1OC(c2ccc(Br)cc2)=N/C1=C\c1ccc(OCc2cccc(F)c2)cc1. The molecule has 29 heavy (non-hydrogen) atoms. The van der Waals surface area contributed by atoms with E-state index in [4.69, 9.17) is 9.47 Å². The minimum absolute atomic E-state index is 0.233. The number of carbonyl (C=O) groups excluding carboxylic acids is 1. The van der Waals surface area contributed by atoms with Crippen LogP contribution in [0.2, 0.25) is 0 Å². The highest BCUT2D eigenvalue weighted by atomic mass is 79.9. The summed E-state index contributed by atoms with van der Waals surface area (Å²) in [5, 5.41) is 0. The van der Waals surface area contributed by atoms with Crippen LogP contribution < -0.4 is 4.74 Å². The second-order valence-corrected chi connectivity index (χ2v) is 7.25. The first-order chi connectivity index (χ1) is 14.1. The van der Waals surface area contributed by atoms with E-state index in [2.05, 4.69) is 20.9 Å². The Balaban J connectivity index is 1.45. The zero-order valence-corrected chi connectivity index (χ0v) is 16.7. The number of hydrogen-bond donors (Lipinski definition) is 0. The molecular weight excluding hydrogens is 437 g/mol. The third-order valence-corrected chi connectivity index (χ3v) is 4.72. The van der Waals surface area contributed by atoms with E-state index in [0.717, 1.165) is 21.2 Å². The molecule has 0 saturated heterocycles. The minimum atomic E-state index is -0.491. The number of carbonyl (C=O) groups is 1. The van der Waals surface area contributed by atoms with Gasteiger partial charge in [0.2, 0.25) is 5.90 Å². The van der Waals surface area contributed by atoms with Gasteiger partial charge in [0, 0.05) is 10.0 Å². The number of cyclic esters (lactones) is 1. The molecule has 0 unspecified atom stereocenters. The minimum Gasteiger partial charge on any atom is -0.489 e. The molecule has 4 nitrogen and oxygen atoms in total. The molecule has 0 aliphatic carbocycles. The number of rotatable bonds is 5. The molecule has 1 aliphatic heterocycles. The Morgan fingerprint density at radius 3 is 2.52 bits per heavy atom. The predicted octanol–water partition coefficient (Wildman–Crippen LogP) is 5.51. The number of halogens is 2. The van der Waals surface area contributed by atoms with Crippen LogP contribution in [0.3, 0.4) is 0 Å². The molecule has 0 amide bonds. The molecule has 3 aromatic carbocycles. The number of esters is 1. The normalized spacial score (nSPS) is 14.6. The summed E-state index contributed by atoms with van der Waals surface area (Å²) in [4.78, 5) is 16.4. The van der Waals surface area contributed by atoms with Crippen molar-refractivity contribution in [3.05, 3.63) is 105 Å². The molecule has 0 radical (unpaired) electrons. The van der Waals surface area contributed by atoms with E-state index in [1.165, 1.54) is 12.1 Å². The zero-order chi connectivity index (χ0) is 20.2. The number of hydrogen-bond acceptors (Lipinski definition) is 4. The first-order valence-electron chi connectivity index (χ1n) is 8.83. The molecule has 0 saturated carbocycles. The Kier molecular flexibility index (Phi) is 5.53. The summed E-state index contributed by atoms with van der Waals surface area (Å²) < 4.78 is 25.1. The average molecular weight is 452 g/mol. The molecule has 1 aliphatic rings. The third-order valence-electron chi connectivity index (χ3n) is 4.19. The molecule has 0 spiro atoms. The summed E-state index contributed by atoms with van der Waals surface area (Å²) in [6.07, 6.45) is 1.66. The smallest absolute Gasteiger partial charge is 0.363 e. The quantitative estimate of drug-likeness (QED) is 0.379. The Morgan fingerprint density at radius 2 is 1.79 bits per heavy atom. The molecular formula is C23H15BrFNO3. The van der Waals surface area contributed by atoms with Crippen LogP contribution in [0.15, 0.2) is 88.0 Å². The van der Waals surface area contributed by atoms with Crippen molar-refractivity contribution >= 4 is 33.9 Å². The Morgan fingerprint density at radius 1 is 1.03 bits per heavy atom. The maximum absolute atomic E-state index is 13.2. The Bertz CT molecular complexity index is 1110. The maximum atomic E-state index is 13.2. The molecule has 3 aromatic rings. The van der Waals surface area contributed by atoms with Gasteiger partial charge in [-0.3, -0.25) is 0 Å². The summed E-state index contributed by atoms with van der Waals surface area (Å²) in [5.74, 6) is 0.141. The van der Waals surface area contributed by atoms with Gasteiger partial charge >= 0.3 is 5.97 Å². The summed E-state index contributed by atoms with van der Waals surface area (Å²) in [5.41, 5.74) is 2.50. The molecule has 4 rings (SSSR count). The van der Waals surface area contributed by atoms with Crippen molar-refractivity contribution in [1.29, 1.82) is 0 Å². The van der Waals surface area contributed by atoms with Crippen molar-refractivity contribution < 1.29 is 18.7 Å². The van der Waals surface area contributed by atoms with Crippen molar-refractivity contribution in [3.63, 3.8) is 0 Å². The highest BCUT2D eigenvalue weighted by Gasteiger charge is 2.24. The van der Waals surface area contributed by atoms with Crippen molar-refractivity contribution in [2.45, 2.75) is 6.61 Å². The van der Waals surface area contributed by atoms with Crippen molar-refractivity contribution in [1.82, 2.24) is 0 Å². The number of nitrogens with zero attached hydrogens (tertiary/aromatic N) is 1. The largest absolute Gasteiger partial charge is 0.489 e. The zero-order valence-electron chi connectivity index (χ0n) is 15.1. The topological polar surface area (TPSA) is 47.9 Å². The number of ether oxygens (including phenoxy) is 2. The first-order valence-corrected chi connectivity index (χ1v) is 9.62. The highest BCUT2D eigenvalue weighted by Crippen LogP contribution is 2.22. The lowest BCUT2D eigenvalue weighted by Gasteiger charge is -2.06. The van der Waals surface area contributed by atoms with E-state index in [1.54, 1.807) is 30.3 Å². The van der Waals surface area contributed by atoms with Gasteiger partial charge in [0.1, 0.15) is 18.2 Å². The fraction of sp³-hybridized carbons (Fsp3) is 0.0435. The average Bonchev–Trinajstić information content (AvgIpc) is 3.08. The lowest BCUT2D eigenvalue weighted by molar-refractivity contribution is -0.129.